The molecule has 1 aliphatic rings. The summed E-state index contributed by atoms with van der Waals surface area (Å²) in [4.78, 5) is 28.0. The molecule has 0 radical (unpaired) electrons. The first-order chi connectivity index (χ1) is 10.0. The number of aliphatic imine (C=N–C) groups is 1. The van der Waals surface area contributed by atoms with Gasteiger partial charge in [0.15, 0.2) is 0 Å². The van der Waals surface area contributed by atoms with Crippen molar-refractivity contribution in [3.8, 4) is 0 Å². The average molecular weight is 316 g/mol. The number of urea groups is 2. The Balaban J connectivity index is 2.29. The molecule has 2 N–H and O–H groups in total. The van der Waals surface area contributed by atoms with Crippen LogP contribution in [0.25, 0.3) is 0 Å². The molecule has 0 unspecified atom stereocenters. The van der Waals surface area contributed by atoms with E-state index in [1.807, 2.05) is 0 Å². The summed E-state index contributed by atoms with van der Waals surface area (Å²) in [6.07, 6.45) is 6.36. The molecule has 7 nitrogen and oxygen atoms in total. The van der Waals surface area contributed by atoms with Gasteiger partial charge >= 0.3 is 18.1 Å². The summed E-state index contributed by atoms with van der Waals surface area (Å²) in [6.45, 7) is 0. The number of methoxy groups -OCH3 is 1. The second-order valence-corrected chi connectivity index (χ2v) is 6.00. The first kappa shape index (κ1) is 17.6. The Morgan fingerprint density at radius 2 is 1.95 bits per heavy atom. The summed E-state index contributed by atoms with van der Waals surface area (Å²) in [5, 5.41) is 2.40. The molecule has 0 aliphatic heterocycles. The van der Waals surface area contributed by atoms with Gasteiger partial charge in [-0.2, -0.15) is 0 Å². The van der Waals surface area contributed by atoms with Crippen LogP contribution in [0.1, 0.15) is 32.1 Å². The van der Waals surface area contributed by atoms with Gasteiger partial charge < -0.3 is 9.64 Å². The molecule has 1 fully saturated rings. The maximum Gasteiger partial charge on any atom is 0.347 e. The quantitative estimate of drug-likeness (QED) is 0.475. The van der Waals surface area contributed by atoms with Crippen molar-refractivity contribution in [3.05, 3.63) is 0 Å². The van der Waals surface area contributed by atoms with Crippen LogP contribution < -0.4 is 10.0 Å². The van der Waals surface area contributed by atoms with Crippen molar-refractivity contribution in [2.45, 2.75) is 32.1 Å². The van der Waals surface area contributed by atoms with Crippen LogP contribution in [0.5, 0.6) is 0 Å². The molecule has 4 amide bonds. The van der Waals surface area contributed by atoms with Gasteiger partial charge in [0.1, 0.15) is 0 Å². The normalized spacial score (nSPS) is 16.2. The van der Waals surface area contributed by atoms with E-state index in [1.165, 1.54) is 56.1 Å². The average Bonchev–Trinajstić information content (AvgIpc) is 2.47. The Labute approximate surface area is 130 Å². The van der Waals surface area contributed by atoms with E-state index in [4.69, 9.17) is 4.74 Å². The molecule has 0 aromatic carbocycles. The molecule has 21 heavy (non-hydrogen) atoms. The standard InChI is InChI=1S/C13H24N4O3S/c1-17(2)13(19)15-12(20-3)14-11(18)16-21-9-10-7-5-4-6-8-10/h10H,4-9H2,1-3H3,(H2,14,15,16,18,19). The van der Waals surface area contributed by atoms with Gasteiger partial charge in [0, 0.05) is 19.8 Å². The first-order valence-corrected chi connectivity index (χ1v) is 8.04. The second-order valence-electron chi connectivity index (χ2n) is 5.17. The van der Waals surface area contributed by atoms with Crippen molar-refractivity contribution in [3.63, 3.8) is 0 Å². The number of rotatable bonds is 3. The molecule has 120 valence electrons. The Morgan fingerprint density at radius 1 is 1.29 bits per heavy atom. The maximum absolute atomic E-state index is 11.7. The SMILES string of the molecule is COC(=NC(=O)N(C)C)NC(=O)NSCC1CCCCC1. The lowest BCUT2D eigenvalue weighted by Gasteiger charge is -2.20. The van der Waals surface area contributed by atoms with Gasteiger partial charge in [0.05, 0.1) is 7.11 Å². The third-order valence-electron chi connectivity index (χ3n) is 3.20. The predicted octanol–water partition coefficient (Wildman–Crippen LogP) is 2.20. The molecule has 1 rings (SSSR count). The summed E-state index contributed by atoms with van der Waals surface area (Å²) < 4.78 is 7.54. The van der Waals surface area contributed by atoms with Gasteiger partial charge in [0.2, 0.25) is 0 Å². The molecular formula is C13H24N4O3S. The minimum absolute atomic E-state index is 0.121. The van der Waals surface area contributed by atoms with Gasteiger partial charge in [-0.3, -0.25) is 10.0 Å². The van der Waals surface area contributed by atoms with Crippen LogP contribution in [0.15, 0.2) is 4.99 Å². The topological polar surface area (TPSA) is 83.0 Å². The number of carbonyl (C=O) groups excluding carboxylic acids is 2. The minimum Gasteiger partial charge on any atom is -0.468 e. The number of ether oxygens (including phenoxy) is 1. The summed E-state index contributed by atoms with van der Waals surface area (Å²) >= 11 is 1.38. The number of nitrogens with one attached hydrogen (secondary N) is 2. The Bertz CT molecular complexity index is 382. The van der Waals surface area contributed by atoms with Crippen molar-refractivity contribution >= 4 is 30.0 Å². The first-order valence-electron chi connectivity index (χ1n) is 7.05. The van der Waals surface area contributed by atoms with Crippen molar-refractivity contribution in [2.24, 2.45) is 10.9 Å². The Hall–Kier alpha value is -1.44. The lowest BCUT2D eigenvalue weighted by atomic mass is 9.91. The number of hydrogen-bond acceptors (Lipinski definition) is 4. The zero-order valence-electron chi connectivity index (χ0n) is 12.8. The van der Waals surface area contributed by atoms with Crippen LogP contribution in [-0.2, 0) is 4.74 Å². The highest BCUT2D eigenvalue weighted by molar-refractivity contribution is 7.97. The van der Waals surface area contributed by atoms with Crippen LogP contribution in [0.3, 0.4) is 0 Å². The number of nitrogens with zero attached hydrogens (tertiary/aromatic N) is 2. The summed E-state index contributed by atoms with van der Waals surface area (Å²) in [5.74, 6) is 1.58. The molecule has 8 heteroatoms. The maximum atomic E-state index is 11.7. The summed E-state index contributed by atoms with van der Waals surface area (Å²) in [7, 11) is 4.48. The van der Waals surface area contributed by atoms with Crippen molar-refractivity contribution in [1.29, 1.82) is 0 Å². The predicted molar refractivity (Wildman–Crippen MR) is 84.2 cm³/mol. The lowest BCUT2D eigenvalue weighted by Crippen LogP contribution is -2.38. The number of carbonyl (C=O) groups is 2. The van der Waals surface area contributed by atoms with Crippen LogP contribution in [-0.4, -0.2) is 49.9 Å². The Morgan fingerprint density at radius 3 is 2.52 bits per heavy atom. The van der Waals surface area contributed by atoms with Crippen LogP contribution in [0.2, 0.25) is 0 Å². The Kier molecular flexibility index (Phi) is 7.96. The molecular weight excluding hydrogens is 292 g/mol. The van der Waals surface area contributed by atoms with E-state index >= 15 is 0 Å². The van der Waals surface area contributed by atoms with Gasteiger partial charge in [-0.05, 0) is 30.7 Å². The highest BCUT2D eigenvalue weighted by atomic mass is 32.2. The van der Waals surface area contributed by atoms with E-state index in [2.05, 4.69) is 15.0 Å². The minimum atomic E-state index is -0.498. The van der Waals surface area contributed by atoms with Crippen molar-refractivity contribution < 1.29 is 14.3 Å². The molecule has 0 heterocycles. The van der Waals surface area contributed by atoms with Gasteiger partial charge in [0.25, 0.3) is 0 Å². The van der Waals surface area contributed by atoms with E-state index < -0.39 is 12.1 Å². The fourth-order valence-electron chi connectivity index (χ4n) is 2.01. The van der Waals surface area contributed by atoms with Gasteiger partial charge in [-0.15, -0.1) is 4.99 Å². The monoisotopic (exact) mass is 316 g/mol. The van der Waals surface area contributed by atoms with Crippen LogP contribution >= 0.6 is 11.9 Å². The summed E-state index contributed by atoms with van der Waals surface area (Å²) in [5.41, 5.74) is 0. The highest BCUT2D eigenvalue weighted by Crippen LogP contribution is 2.25. The number of amides is 4. The highest BCUT2D eigenvalue weighted by Gasteiger charge is 2.14. The summed E-state index contributed by atoms with van der Waals surface area (Å²) in [6, 6.07) is -1.06. The van der Waals surface area contributed by atoms with Gasteiger partial charge in [-0.25, -0.2) is 9.59 Å². The lowest BCUT2D eigenvalue weighted by molar-refractivity contribution is 0.226. The zero-order valence-corrected chi connectivity index (χ0v) is 13.7. The molecule has 0 bridgehead atoms. The molecule has 0 spiro atoms. The fourth-order valence-corrected chi connectivity index (χ4v) is 2.85. The smallest absolute Gasteiger partial charge is 0.347 e. The van der Waals surface area contributed by atoms with E-state index in [9.17, 15) is 9.59 Å². The van der Waals surface area contributed by atoms with E-state index in [0.717, 1.165) is 5.75 Å². The van der Waals surface area contributed by atoms with Crippen LogP contribution in [0, 0.1) is 5.92 Å². The zero-order chi connectivity index (χ0) is 15.7. The van der Waals surface area contributed by atoms with Gasteiger partial charge in [-0.1, -0.05) is 19.3 Å². The molecule has 1 saturated carbocycles. The molecule has 0 aromatic rings. The second kappa shape index (κ2) is 9.49. The number of hydrogen-bond donors (Lipinski definition) is 2. The van der Waals surface area contributed by atoms with Crippen LogP contribution in [0.4, 0.5) is 9.59 Å². The molecule has 0 atom stereocenters. The van der Waals surface area contributed by atoms with E-state index in [0.29, 0.717) is 5.92 Å². The third kappa shape index (κ3) is 7.22. The number of amidine groups is 1. The fraction of sp³-hybridized carbons (Fsp3) is 0.769. The van der Waals surface area contributed by atoms with E-state index in [1.54, 1.807) is 14.1 Å². The molecule has 0 aromatic heterocycles. The van der Waals surface area contributed by atoms with E-state index in [-0.39, 0.29) is 6.02 Å². The van der Waals surface area contributed by atoms with Crippen molar-refractivity contribution in [2.75, 3.05) is 27.0 Å². The molecule has 0 saturated heterocycles. The third-order valence-corrected chi connectivity index (χ3v) is 4.17. The van der Waals surface area contributed by atoms with Crippen molar-refractivity contribution in [1.82, 2.24) is 14.9 Å². The molecule has 1 aliphatic carbocycles. The largest absolute Gasteiger partial charge is 0.468 e.